The van der Waals surface area contributed by atoms with Gasteiger partial charge >= 0.3 is 0 Å². The summed E-state index contributed by atoms with van der Waals surface area (Å²) >= 11 is 0. The van der Waals surface area contributed by atoms with E-state index in [9.17, 15) is 30.3 Å². The van der Waals surface area contributed by atoms with Gasteiger partial charge in [0.1, 0.15) is 18.2 Å². The highest BCUT2D eigenvalue weighted by atomic mass is 16.6. The van der Waals surface area contributed by atoms with Gasteiger partial charge in [0.2, 0.25) is 0 Å². The van der Waals surface area contributed by atoms with Gasteiger partial charge in [-0.2, -0.15) is 5.26 Å². The van der Waals surface area contributed by atoms with E-state index in [4.69, 9.17) is 9.47 Å². The van der Waals surface area contributed by atoms with Gasteiger partial charge in [0.05, 0.1) is 17.0 Å². The Bertz CT molecular complexity index is 1360. The van der Waals surface area contributed by atoms with E-state index in [0.29, 0.717) is 22.6 Å². The van der Waals surface area contributed by atoms with Crippen LogP contribution in [0.15, 0.2) is 72.3 Å². The fourth-order valence-corrected chi connectivity index (χ4v) is 3.03. The third-order valence-electron chi connectivity index (χ3n) is 4.69. The summed E-state index contributed by atoms with van der Waals surface area (Å²) in [5.41, 5.74) is 0.753. The molecule has 0 aromatic heterocycles. The van der Waals surface area contributed by atoms with Gasteiger partial charge in [-0.1, -0.05) is 24.3 Å². The summed E-state index contributed by atoms with van der Waals surface area (Å²) in [7, 11) is 1.42. The van der Waals surface area contributed by atoms with E-state index in [-0.39, 0.29) is 29.2 Å². The summed E-state index contributed by atoms with van der Waals surface area (Å²) in [6.45, 7) is 0.0578. The Hall–Kier alpha value is -5.24. The van der Waals surface area contributed by atoms with Gasteiger partial charge in [0.25, 0.3) is 17.3 Å². The average Bonchev–Trinajstić information content (AvgIpc) is 2.86. The molecule has 0 unspecified atom stereocenters. The number of hydrogen-bond donors (Lipinski definition) is 1. The van der Waals surface area contributed by atoms with Crippen LogP contribution in [-0.4, -0.2) is 22.9 Å². The quantitative estimate of drug-likeness (QED) is 0.203. The number of ether oxygens (including phenoxy) is 2. The van der Waals surface area contributed by atoms with Crippen LogP contribution in [0.3, 0.4) is 0 Å². The largest absolute Gasteiger partial charge is 0.493 e. The molecule has 0 saturated heterocycles. The summed E-state index contributed by atoms with van der Waals surface area (Å²) in [5, 5.41) is 33.7. The van der Waals surface area contributed by atoms with Gasteiger partial charge in [-0.15, -0.1) is 0 Å². The van der Waals surface area contributed by atoms with Crippen molar-refractivity contribution in [1.29, 1.82) is 5.26 Å². The molecular formula is C24H18N4O7. The van der Waals surface area contributed by atoms with E-state index in [0.717, 1.165) is 0 Å². The van der Waals surface area contributed by atoms with Gasteiger partial charge in [0.15, 0.2) is 11.5 Å². The van der Waals surface area contributed by atoms with Crippen molar-refractivity contribution < 1.29 is 24.1 Å². The highest BCUT2D eigenvalue weighted by Gasteiger charge is 2.14. The fourth-order valence-electron chi connectivity index (χ4n) is 3.03. The van der Waals surface area contributed by atoms with Crippen LogP contribution in [0.2, 0.25) is 0 Å². The maximum atomic E-state index is 12.5. The van der Waals surface area contributed by atoms with E-state index in [1.807, 2.05) is 6.07 Å². The van der Waals surface area contributed by atoms with Crippen LogP contribution in [0.25, 0.3) is 6.08 Å². The number of nitro groups is 2. The second-order valence-corrected chi connectivity index (χ2v) is 7.06. The first-order chi connectivity index (χ1) is 16.8. The first-order valence-electron chi connectivity index (χ1n) is 10.0. The van der Waals surface area contributed by atoms with Crippen molar-refractivity contribution in [3.8, 4) is 17.6 Å². The zero-order valence-corrected chi connectivity index (χ0v) is 18.3. The van der Waals surface area contributed by atoms with Crippen LogP contribution in [0.4, 0.5) is 17.1 Å². The number of nitro benzene ring substituents is 2. The molecule has 0 heterocycles. The number of anilines is 1. The second-order valence-electron chi connectivity index (χ2n) is 7.06. The number of nitrogens with zero attached hydrogens (tertiary/aromatic N) is 3. The Kier molecular flexibility index (Phi) is 7.71. The zero-order chi connectivity index (χ0) is 25.4. The minimum absolute atomic E-state index is 0.0500. The minimum Gasteiger partial charge on any atom is -0.493 e. The molecule has 0 bridgehead atoms. The number of carbonyl (C=O) groups excluding carboxylic acids is 1. The van der Waals surface area contributed by atoms with Gasteiger partial charge in [-0.3, -0.25) is 25.0 Å². The molecule has 3 rings (SSSR count). The normalized spacial score (nSPS) is 10.7. The molecule has 0 aliphatic heterocycles. The van der Waals surface area contributed by atoms with Crippen LogP contribution in [-0.2, 0) is 11.4 Å². The van der Waals surface area contributed by atoms with Gasteiger partial charge < -0.3 is 14.8 Å². The average molecular weight is 474 g/mol. The standard InChI is InChI=1S/C24H18N4O7/c1-34-23-12-16(8-9-22(23)35-15-17-4-2-6-20(11-17)27(30)31)10-18(14-25)24(29)26-19-5-3-7-21(13-19)28(32)33/h2-13H,15H2,1H3,(H,26,29)/b18-10+. The third-order valence-corrected chi connectivity index (χ3v) is 4.69. The molecule has 3 aromatic carbocycles. The predicted molar refractivity (Wildman–Crippen MR) is 126 cm³/mol. The van der Waals surface area contributed by atoms with E-state index in [2.05, 4.69) is 5.32 Å². The molecule has 0 atom stereocenters. The summed E-state index contributed by atoms with van der Waals surface area (Å²) in [4.78, 5) is 33.3. The molecule has 1 amide bonds. The maximum absolute atomic E-state index is 12.5. The predicted octanol–water partition coefficient (Wildman–Crippen LogP) is 4.64. The first-order valence-corrected chi connectivity index (χ1v) is 10.0. The summed E-state index contributed by atoms with van der Waals surface area (Å²) in [6, 6.07) is 17.9. The van der Waals surface area contributed by atoms with Crippen LogP contribution in [0.1, 0.15) is 11.1 Å². The molecule has 3 aromatic rings. The van der Waals surface area contributed by atoms with Crippen molar-refractivity contribution in [3.05, 3.63) is 104 Å². The van der Waals surface area contributed by atoms with Gasteiger partial charge in [-0.25, -0.2) is 0 Å². The molecule has 176 valence electrons. The Morgan fingerprint density at radius 2 is 1.69 bits per heavy atom. The molecule has 35 heavy (non-hydrogen) atoms. The van der Waals surface area contributed by atoms with Crippen LogP contribution >= 0.6 is 0 Å². The van der Waals surface area contributed by atoms with Crippen LogP contribution in [0.5, 0.6) is 11.5 Å². The number of amides is 1. The lowest BCUT2D eigenvalue weighted by molar-refractivity contribution is -0.385. The first kappa shape index (κ1) is 24.4. The Morgan fingerprint density at radius 1 is 1.00 bits per heavy atom. The van der Waals surface area contributed by atoms with E-state index in [1.54, 1.807) is 30.3 Å². The lowest BCUT2D eigenvalue weighted by atomic mass is 10.1. The van der Waals surface area contributed by atoms with Crippen molar-refractivity contribution in [2.75, 3.05) is 12.4 Å². The lowest BCUT2D eigenvalue weighted by Gasteiger charge is -2.11. The van der Waals surface area contributed by atoms with Gasteiger partial charge in [0, 0.05) is 30.0 Å². The molecule has 0 spiro atoms. The number of hydrogen-bond acceptors (Lipinski definition) is 8. The number of methoxy groups -OCH3 is 1. The fraction of sp³-hybridized carbons (Fsp3) is 0.0833. The van der Waals surface area contributed by atoms with Crippen molar-refractivity contribution in [2.24, 2.45) is 0 Å². The number of non-ortho nitro benzene ring substituents is 2. The highest BCUT2D eigenvalue weighted by Crippen LogP contribution is 2.30. The second kappa shape index (κ2) is 11.1. The van der Waals surface area contributed by atoms with Crippen LogP contribution < -0.4 is 14.8 Å². The molecule has 0 fully saturated rings. The minimum atomic E-state index is -0.738. The molecule has 11 heteroatoms. The molecular weight excluding hydrogens is 456 g/mol. The number of benzene rings is 3. The summed E-state index contributed by atoms with van der Waals surface area (Å²) in [5.74, 6) is -0.0609. The van der Waals surface area contributed by atoms with E-state index >= 15 is 0 Å². The third kappa shape index (κ3) is 6.39. The summed E-state index contributed by atoms with van der Waals surface area (Å²) < 4.78 is 11.1. The Labute approximate surface area is 199 Å². The number of carbonyl (C=O) groups is 1. The Morgan fingerprint density at radius 3 is 2.34 bits per heavy atom. The van der Waals surface area contributed by atoms with Gasteiger partial charge in [-0.05, 0) is 35.4 Å². The molecule has 0 aliphatic rings. The zero-order valence-electron chi connectivity index (χ0n) is 18.3. The Balaban J connectivity index is 1.76. The number of nitriles is 1. The number of rotatable bonds is 9. The molecule has 0 radical (unpaired) electrons. The lowest BCUT2D eigenvalue weighted by Crippen LogP contribution is -2.13. The van der Waals surface area contributed by atoms with Crippen molar-refractivity contribution >= 4 is 29.0 Å². The maximum Gasteiger partial charge on any atom is 0.271 e. The molecule has 0 aliphatic carbocycles. The topological polar surface area (TPSA) is 158 Å². The summed E-state index contributed by atoms with van der Waals surface area (Å²) in [6.07, 6.45) is 1.33. The molecule has 1 N–H and O–H groups in total. The number of nitrogens with one attached hydrogen (secondary N) is 1. The van der Waals surface area contributed by atoms with E-state index in [1.165, 1.54) is 49.6 Å². The van der Waals surface area contributed by atoms with E-state index < -0.39 is 15.8 Å². The highest BCUT2D eigenvalue weighted by molar-refractivity contribution is 6.09. The van der Waals surface area contributed by atoms with Crippen LogP contribution in [0, 0.1) is 31.6 Å². The molecule has 0 saturated carbocycles. The molecule has 11 nitrogen and oxygen atoms in total. The van der Waals surface area contributed by atoms with Crippen molar-refractivity contribution in [3.63, 3.8) is 0 Å². The van der Waals surface area contributed by atoms with Crippen molar-refractivity contribution in [1.82, 2.24) is 0 Å². The van der Waals surface area contributed by atoms with Crippen molar-refractivity contribution in [2.45, 2.75) is 6.61 Å². The SMILES string of the molecule is COc1cc(/C=C(\C#N)C(=O)Nc2cccc([N+](=O)[O-])c2)ccc1OCc1cccc([N+](=O)[O-])c1. The monoisotopic (exact) mass is 474 g/mol. The smallest absolute Gasteiger partial charge is 0.271 e.